The lowest BCUT2D eigenvalue weighted by Crippen LogP contribution is -2.24. The fourth-order valence-corrected chi connectivity index (χ4v) is 3.01. The van der Waals surface area contributed by atoms with Gasteiger partial charge in [-0.1, -0.05) is 35.5 Å². The minimum absolute atomic E-state index is 0.269. The number of nitrogens with zero attached hydrogens (tertiary/aromatic N) is 4. The van der Waals surface area contributed by atoms with E-state index in [-0.39, 0.29) is 5.91 Å². The van der Waals surface area contributed by atoms with Crippen molar-refractivity contribution in [3.63, 3.8) is 0 Å². The Labute approximate surface area is 167 Å². The zero-order valence-corrected chi connectivity index (χ0v) is 16.1. The van der Waals surface area contributed by atoms with Gasteiger partial charge in [0.15, 0.2) is 5.69 Å². The SMILES string of the molecule is COc1cccc(-n2nnc(C(=O)NCc3ccc(-c4ccn[nH]4)cc3)c2C)c1. The van der Waals surface area contributed by atoms with Gasteiger partial charge in [-0.05, 0) is 36.2 Å². The Morgan fingerprint density at radius 3 is 2.72 bits per heavy atom. The van der Waals surface area contributed by atoms with Crippen molar-refractivity contribution in [1.82, 2.24) is 30.5 Å². The van der Waals surface area contributed by atoms with Crippen LogP contribution < -0.4 is 10.1 Å². The molecule has 8 nitrogen and oxygen atoms in total. The Morgan fingerprint density at radius 1 is 1.17 bits per heavy atom. The number of carbonyl (C=O) groups excluding carboxylic acids is 1. The van der Waals surface area contributed by atoms with E-state index in [1.54, 1.807) is 18.0 Å². The van der Waals surface area contributed by atoms with Crippen molar-refractivity contribution in [2.45, 2.75) is 13.5 Å². The van der Waals surface area contributed by atoms with Gasteiger partial charge in [0.05, 0.1) is 24.2 Å². The van der Waals surface area contributed by atoms with Gasteiger partial charge < -0.3 is 10.1 Å². The van der Waals surface area contributed by atoms with E-state index < -0.39 is 0 Å². The highest BCUT2D eigenvalue weighted by Gasteiger charge is 2.17. The van der Waals surface area contributed by atoms with E-state index in [9.17, 15) is 4.79 Å². The van der Waals surface area contributed by atoms with Crippen molar-refractivity contribution < 1.29 is 9.53 Å². The summed E-state index contributed by atoms with van der Waals surface area (Å²) in [4.78, 5) is 12.6. The molecular formula is C21H20N6O2. The highest BCUT2D eigenvalue weighted by Crippen LogP contribution is 2.19. The van der Waals surface area contributed by atoms with Crippen molar-refractivity contribution in [2.24, 2.45) is 0 Å². The van der Waals surface area contributed by atoms with Gasteiger partial charge in [0.1, 0.15) is 5.75 Å². The molecule has 4 rings (SSSR count). The number of aromatic amines is 1. The molecule has 2 N–H and O–H groups in total. The second-order valence-corrected chi connectivity index (χ2v) is 6.49. The Kier molecular flexibility index (Phi) is 5.07. The summed E-state index contributed by atoms with van der Waals surface area (Å²) in [5, 5.41) is 18.0. The summed E-state index contributed by atoms with van der Waals surface area (Å²) in [6, 6.07) is 17.2. The number of amides is 1. The Balaban J connectivity index is 1.44. The normalized spacial score (nSPS) is 10.7. The number of methoxy groups -OCH3 is 1. The lowest BCUT2D eigenvalue weighted by atomic mass is 10.1. The molecule has 29 heavy (non-hydrogen) atoms. The molecule has 0 unspecified atom stereocenters. The van der Waals surface area contributed by atoms with Gasteiger partial charge in [-0.3, -0.25) is 9.89 Å². The van der Waals surface area contributed by atoms with Gasteiger partial charge in [0.2, 0.25) is 0 Å². The average Bonchev–Trinajstić information content (AvgIpc) is 3.42. The van der Waals surface area contributed by atoms with E-state index in [4.69, 9.17) is 4.74 Å². The van der Waals surface area contributed by atoms with Gasteiger partial charge in [0, 0.05) is 18.8 Å². The van der Waals surface area contributed by atoms with Crippen LogP contribution in [0.1, 0.15) is 21.7 Å². The summed E-state index contributed by atoms with van der Waals surface area (Å²) in [5.41, 5.74) is 4.70. The van der Waals surface area contributed by atoms with Crippen LogP contribution in [0.2, 0.25) is 0 Å². The first-order chi connectivity index (χ1) is 14.2. The molecule has 8 heteroatoms. The maximum Gasteiger partial charge on any atom is 0.274 e. The van der Waals surface area contributed by atoms with E-state index in [0.717, 1.165) is 22.5 Å². The monoisotopic (exact) mass is 388 g/mol. The molecule has 0 saturated heterocycles. The third kappa shape index (κ3) is 3.86. The number of hydrogen-bond donors (Lipinski definition) is 2. The van der Waals surface area contributed by atoms with Crippen LogP contribution in [0.3, 0.4) is 0 Å². The predicted molar refractivity (Wildman–Crippen MR) is 108 cm³/mol. The van der Waals surface area contributed by atoms with Crippen molar-refractivity contribution >= 4 is 5.91 Å². The molecule has 146 valence electrons. The number of carbonyl (C=O) groups is 1. The van der Waals surface area contributed by atoms with Crippen LogP contribution in [0.25, 0.3) is 16.9 Å². The molecule has 2 aromatic heterocycles. The molecule has 0 atom stereocenters. The van der Waals surface area contributed by atoms with Crippen LogP contribution in [0.5, 0.6) is 5.75 Å². The first kappa shape index (κ1) is 18.4. The molecule has 0 spiro atoms. The molecule has 0 aliphatic heterocycles. The Hall–Kier alpha value is -3.94. The first-order valence-electron chi connectivity index (χ1n) is 9.09. The number of rotatable bonds is 6. The summed E-state index contributed by atoms with van der Waals surface area (Å²) in [6.45, 7) is 2.21. The molecule has 0 aliphatic rings. The highest BCUT2D eigenvalue weighted by molar-refractivity contribution is 5.93. The third-order valence-electron chi connectivity index (χ3n) is 4.63. The van der Waals surface area contributed by atoms with Crippen LogP contribution in [-0.4, -0.2) is 38.2 Å². The fraction of sp³-hybridized carbons (Fsp3) is 0.143. The highest BCUT2D eigenvalue weighted by atomic mass is 16.5. The van der Waals surface area contributed by atoms with Gasteiger partial charge in [-0.25, -0.2) is 4.68 Å². The minimum Gasteiger partial charge on any atom is -0.497 e. The number of aromatic nitrogens is 5. The van der Waals surface area contributed by atoms with Gasteiger partial charge in [0.25, 0.3) is 5.91 Å². The quantitative estimate of drug-likeness (QED) is 0.529. The zero-order chi connectivity index (χ0) is 20.2. The largest absolute Gasteiger partial charge is 0.497 e. The molecule has 0 bridgehead atoms. The average molecular weight is 388 g/mol. The summed E-state index contributed by atoms with van der Waals surface area (Å²) >= 11 is 0. The first-order valence-corrected chi connectivity index (χ1v) is 9.09. The smallest absolute Gasteiger partial charge is 0.274 e. The maximum absolute atomic E-state index is 12.6. The van der Waals surface area contributed by atoms with E-state index in [0.29, 0.717) is 23.7 Å². The number of benzene rings is 2. The molecule has 1 amide bonds. The van der Waals surface area contributed by atoms with Crippen LogP contribution in [0.15, 0.2) is 60.8 Å². The number of hydrogen-bond acceptors (Lipinski definition) is 5. The second-order valence-electron chi connectivity index (χ2n) is 6.49. The van der Waals surface area contributed by atoms with E-state index in [2.05, 4.69) is 25.8 Å². The van der Waals surface area contributed by atoms with Crippen LogP contribution in [0.4, 0.5) is 0 Å². The zero-order valence-electron chi connectivity index (χ0n) is 16.1. The standard InChI is InChI=1S/C21H20N6O2/c1-14-20(25-26-27(14)17-4-3-5-18(12-17)29-2)21(28)22-13-15-6-8-16(9-7-15)19-10-11-23-24-19/h3-12H,13H2,1-2H3,(H,22,28)(H,23,24). The van der Waals surface area contributed by atoms with Crippen molar-refractivity contribution in [2.75, 3.05) is 7.11 Å². The van der Waals surface area contributed by atoms with Crippen molar-refractivity contribution in [3.8, 4) is 22.7 Å². The topological polar surface area (TPSA) is 97.7 Å². The van der Waals surface area contributed by atoms with Crippen molar-refractivity contribution in [1.29, 1.82) is 0 Å². The van der Waals surface area contributed by atoms with Crippen molar-refractivity contribution in [3.05, 3.63) is 77.7 Å². The summed E-state index contributed by atoms with van der Waals surface area (Å²) in [6.07, 6.45) is 1.71. The molecule has 2 aromatic carbocycles. The Morgan fingerprint density at radius 2 is 2.00 bits per heavy atom. The van der Waals surface area contributed by atoms with Gasteiger partial charge >= 0.3 is 0 Å². The fourth-order valence-electron chi connectivity index (χ4n) is 3.01. The molecule has 4 aromatic rings. The predicted octanol–water partition coefficient (Wildman–Crippen LogP) is 2.90. The summed E-state index contributed by atoms with van der Waals surface area (Å²) in [7, 11) is 1.60. The number of nitrogens with one attached hydrogen (secondary N) is 2. The molecule has 0 aliphatic carbocycles. The van der Waals surface area contributed by atoms with Crippen LogP contribution in [0, 0.1) is 6.92 Å². The molecule has 0 saturated carbocycles. The van der Waals surface area contributed by atoms with Crippen LogP contribution in [-0.2, 0) is 6.54 Å². The lowest BCUT2D eigenvalue weighted by Gasteiger charge is -2.07. The molecule has 0 fully saturated rings. The van der Waals surface area contributed by atoms with Gasteiger partial charge in [-0.15, -0.1) is 5.10 Å². The maximum atomic E-state index is 12.6. The van der Waals surface area contributed by atoms with E-state index in [1.807, 2.05) is 61.5 Å². The summed E-state index contributed by atoms with van der Waals surface area (Å²) in [5.74, 6) is 0.441. The van der Waals surface area contributed by atoms with Gasteiger partial charge in [-0.2, -0.15) is 5.10 Å². The third-order valence-corrected chi connectivity index (χ3v) is 4.63. The minimum atomic E-state index is -0.269. The second kappa shape index (κ2) is 7.97. The molecule has 2 heterocycles. The lowest BCUT2D eigenvalue weighted by molar-refractivity contribution is 0.0945. The number of H-pyrrole nitrogens is 1. The van der Waals surface area contributed by atoms with E-state index >= 15 is 0 Å². The van der Waals surface area contributed by atoms with Crippen LogP contribution >= 0.6 is 0 Å². The molecular weight excluding hydrogens is 368 g/mol. The van der Waals surface area contributed by atoms with E-state index in [1.165, 1.54) is 0 Å². The summed E-state index contributed by atoms with van der Waals surface area (Å²) < 4.78 is 6.87. The molecule has 0 radical (unpaired) electrons. The Bertz CT molecular complexity index is 1120. The number of ether oxygens (including phenoxy) is 1.